The highest BCUT2D eigenvalue weighted by Gasteiger charge is 1.93. The van der Waals surface area contributed by atoms with Crippen molar-refractivity contribution in [2.75, 3.05) is 19.4 Å². The maximum Gasteiger partial charge on any atom is 0.330 e. The first-order valence-electron chi connectivity index (χ1n) is 3.32. The molecule has 0 aromatic heterocycles. The number of esters is 1. The van der Waals surface area contributed by atoms with Gasteiger partial charge in [-0.05, 0) is 0 Å². The number of hydrogen-bond acceptors (Lipinski definition) is 3. The molecule has 0 aromatic rings. The molecule has 0 atom stereocenters. The minimum atomic E-state index is -0.396. The number of ether oxygens (including phenoxy) is 2. The summed E-state index contributed by atoms with van der Waals surface area (Å²) >= 11 is 0. The normalized spacial score (nSPS) is 9.18. The maximum absolute atomic E-state index is 10.5. The van der Waals surface area contributed by atoms with Crippen molar-refractivity contribution in [3.63, 3.8) is 0 Å². The van der Waals surface area contributed by atoms with E-state index in [0.717, 1.165) is 21.8 Å². The zero-order valence-electron chi connectivity index (χ0n) is 6.63. The summed E-state index contributed by atoms with van der Waals surface area (Å²) in [4.78, 5) is 10.5. The molecule has 0 aliphatic heterocycles. The molecule has 0 unspecified atom stereocenters. The van der Waals surface area contributed by atoms with Crippen molar-refractivity contribution in [2.24, 2.45) is 0 Å². The largest absolute Gasteiger partial charge is 0.460 e. The van der Waals surface area contributed by atoms with E-state index in [4.69, 9.17) is 4.74 Å². The van der Waals surface area contributed by atoms with Crippen molar-refractivity contribution in [3.05, 3.63) is 12.7 Å². The molecule has 0 rings (SSSR count). The molecule has 0 fully saturated rings. The molecule has 11 heavy (non-hydrogen) atoms. The highest BCUT2D eigenvalue weighted by Crippen LogP contribution is 1.80. The van der Waals surface area contributed by atoms with Gasteiger partial charge in [0.25, 0.3) is 0 Å². The second-order valence-electron chi connectivity index (χ2n) is 1.78. The summed E-state index contributed by atoms with van der Waals surface area (Å²) in [7, 11) is 0.781. The predicted octanol–water partition coefficient (Wildman–Crippen LogP) is 0.442. The first-order valence-corrected chi connectivity index (χ1v) is 5.03. The first kappa shape index (κ1) is 10.4. The van der Waals surface area contributed by atoms with Gasteiger partial charge in [0.15, 0.2) is 0 Å². The monoisotopic (exact) mass is 172 g/mol. The lowest BCUT2D eigenvalue weighted by molar-refractivity contribution is -0.139. The van der Waals surface area contributed by atoms with E-state index < -0.39 is 5.97 Å². The third-order valence-electron chi connectivity index (χ3n) is 0.885. The molecule has 0 saturated carbocycles. The van der Waals surface area contributed by atoms with Gasteiger partial charge in [-0.3, -0.25) is 0 Å². The smallest absolute Gasteiger partial charge is 0.330 e. The molecule has 0 N–H and O–H groups in total. The minimum absolute atomic E-state index is 0.315. The van der Waals surface area contributed by atoms with Crippen LogP contribution in [-0.4, -0.2) is 34.9 Å². The van der Waals surface area contributed by atoms with E-state index in [2.05, 4.69) is 17.9 Å². The molecule has 2 radical (unpaired) electrons. The Kier molecular flexibility index (Phi) is 7.08. The summed E-state index contributed by atoms with van der Waals surface area (Å²) < 4.78 is 9.74. The van der Waals surface area contributed by atoms with Gasteiger partial charge in [0, 0.05) is 12.3 Å². The van der Waals surface area contributed by atoms with Gasteiger partial charge in [-0.25, -0.2) is 4.79 Å². The minimum Gasteiger partial charge on any atom is -0.460 e. The molecular formula is C7H12O3Si. The summed E-state index contributed by atoms with van der Waals surface area (Å²) in [5, 5.41) is 0. The van der Waals surface area contributed by atoms with Gasteiger partial charge in [-0.2, -0.15) is 0 Å². The highest BCUT2D eigenvalue weighted by atomic mass is 28.2. The molecule has 0 aliphatic rings. The fraction of sp³-hybridized carbons (Fsp3) is 0.571. The Morgan fingerprint density at radius 1 is 1.64 bits per heavy atom. The Bertz CT molecular complexity index is 125. The molecule has 0 heterocycles. The predicted molar refractivity (Wildman–Crippen MR) is 43.6 cm³/mol. The van der Waals surface area contributed by atoms with Crippen molar-refractivity contribution < 1.29 is 14.3 Å². The summed E-state index contributed by atoms with van der Waals surface area (Å²) in [5.74, 6) is -0.396. The van der Waals surface area contributed by atoms with Crippen molar-refractivity contribution in [2.45, 2.75) is 6.55 Å². The highest BCUT2D eigenvalue weighted by molar-refractivity contribution is 6.33. The van der Waals surface area contributed by atoms with E-state index >= 15 is 0 Å². The Labute approximate surface area is 69.2 Å². The average molecular weight is 172 g/mol. The Morgan fingerprint density at radius 2 is 2.36 bits per heavy atom. The van der Waals surface area contributed by atoms with Crippen molar-refractivity contribution in [3.8, 4) is 0 Å². The van der Waals surface area contributed by atoms with E-state index in [0.29, 0.717) is 13.2 Å². The van der Waals surface area contributed by atoms with Crippen LogP contribution < -0.4 is 0 Å². The van der Waals surface area contributed by atoms with Crippen LogP contribution >= 0.6 is 0 Å². The van der Waals surface area contributed by atoms with Gasteiger partial charge in [0.05, 0.1) is 16.1 Å². The molecule has 0 spiro atoms. The van der Waals surface area contributed by atoms with Crippen LogP contribution in [0, 0.1) is 0 Å². The summed E-state index contributed by atoms with van der Waals surface area (Å²) in [6.45, 7) is 6.10. The van der Waals surface area contributed by atoms with Gasteiger partial charge < -0.3 is 9.47 Å². The van der Waals surface area contributed by atoms with E-state index in [9.17, 15) is 4.79 Å². The van der Waals surface area contributed by atoms with Crippen LogP contribution in [0.5, 0.6) is 0 Å². The number of hydrogen-bond donors (Lipinski definition) is 0. The fourth-order valence-electron chi connectivity index (χ4n) is 0.434. The lowest BCUT2D eigenvalue weighted by atomic mass is 10.6. The van der Waals surface area contributed by atoms with Crippen LogP contribution in [-0.2, 0) is 14.3 Å². The van der Waals surface area contributed by atoms with Gasteiger partial charge in [0.1, 0.15) is 6.61 Å². The Morgan fingerprint density at radius 3 is 2.91 bits per heavy atom. The van der Waals surface area contributed by atoms with Gasteiger partial charge in [0.2, 0.25) is 0 Å². The van der Waals surface area contributed by atoms with Crippen LogP contribution in [0.3, 0.4) is 0 Å². The quantitative estimate of drug-likeness (QED) is 0.252. The summed E-state index contributed by atoms with van der Waals surface area (Å²) in [6.07, 6.45) is 1.88. The van der Waals surface area contributed by atoms with Crippen LogP contribution in [0.2, 0.25) is 6.55 Å². The Hall–Kier alpha value is -0.613. The SMILES string of the molecule is C=CC(=O)OCCOC[Si]C. The molecule has 62 valence electrons. The second kappa shape index (κ2) is 7.49. The number of carbonyl (C=O) groups is 1. The van der Waals surface area contributed by atoms with Crippen molar-refractivity contribution >= 4 is 15.5 Å². The van der Waals surface area contributed by atoms with E-state index in [-0.39, 0.29) is 0 Å². The zero-order valence-corrected chi connectivity index (χ0v) is 7.63. The van der Waals surface area contributed by atoms with Gasteiger partial charge in [-0.1, -0.05) is 13.1 Å². The van der Waals surface area contributed by atoms with Crippen molar-refractivity contribution in [1.82, 2.24) is 0 Å². The molecule has 0 saturated heterocycles. The molecule has 0 aliphatic carbocycles. The molecule has 3 nitrogen and oxygen atoms in total. The standard InChI is InChI=1S/C7H12O3Si/c1-3-7(8)10-5-4-9-6-11-2/h3H,1,4-6H2,2H3. The number of rotatable bonds is 6. The molecule has 0 amide bonds. The van der Waals surface area contributed by atoms with Gasteiger partial charge >= 0.3 is 5.97 Å². The lowest BCUT2D eigenvalue weighted by Crippen LogP contribution is -2.10. The van der Waals surface area contributed by atoms with Gasteiger partial charge in [-0.15, -0.1) is 0 Å². The summed E-state index contributed by atoms with van der Waals surface area (Å²) in [6, 6.07) is 0. The maximum atomic E-state index is 10.5. The van der Waals surface area contributed by atoms with Crippen LogP contribution in [0.25, 0.3) is 0 Å². The topological polar surface area (TPSA) is 35.5 Å². The van der Waals surface area contributed by atoms with E-state index in [1.54, 1.807) is 0 Å². The third kappa shape index (κ3) is 7.28. The average Bonchev–Trinajstić information content (AvgIpc) is 2.04. The molecule has 0 bridgehead atoms. The lowest BCUT2D eigenvalue weighted by Gasteiger charge is -2.01. The first-order chi connectivity index (χ1) is 5.31. The van der Waals surface area contributed by atoms with Crippen LogP contribution in [0.4, 0.5) is 0 Å². The zero-order chi connectivity index (χ0) is 8.53. The molecular weight excluding hydrogens is 160 g/mol. The number of carbonyl (C=O) groups excluding carboxylic acids is 1. The molecule has 4 heteroatoms. The van der Waals surface area contributed by atoms with Crippen LogP contribution in [0.15, 0.2) is 12.7 Å². The van der Waals surface area contributed by atoms with Crippen molar-refractivity contribution in [1.29, 1.82) is 0 Å². The van der Waals surface area contributed by atoms with E-state index in [1.807, 2.05) is 0 Å². The fourth-order valence-corrected chi connectivity index (χ4v) is 0.783. The van der Waals surface area contributed by atoms with E-state index in [1.165, 1.54) is 0 Å². The summed E-state index contributed by atoms with van der Waals surface area (Å²) in [5.41, 5.74) is 0. The van der Waals surface area contributed by atoms with Crippen LogP contribution in [0.1, 0.15) is 0 Å². The second-order valence-corrected chi connectivity index (χ2v) is 2.77. The molecule has 0 aromatic carbocycles. The Balaban J connectivity index is 3.01. The third-order valence-corrected chi connectivity index (χ3v) is 1.38.